The van der Waals surface area contributed by atoms with E-state index in [1.807, 2.05) is 23.0 Å². The third-order valence-corrected chi connectivity index (χ3v) is 8.46. The van der Waals surface area contributed by atoms with Crippen molar-refractivity contribution in [1.82, 2.24) is 9.13 Å². The first-order chi connectivity index (χ1) is 15.0. The molecular formula is C18H16N4O6S4-2. The predicted molar refractivity (Wildman–Crippen MR) is 118 cm³/mol. The van der Waals surface area contributed by atoms with Gasteiger partial charge in [-0.05, 0) is 50.2 Å². The fraction of sp³-hybridized carbons (Fsp3) is 0.222. The van der Waals surface area contributed by atoms with Crippen LogP contribution in [0.3, 0.4) is 0 Å². The molecule has 0 aliphatic heterocycles. The molecule has 170 valence electrons. The Balaban J connectivity index is 1.93. The minimum absolute atomic E-state index is 0.310. The first-order valence-electron chi connectivity index (χ1n) is 9.29. The van der Waals surface area contributed by atoms with Gasteiger partial charge in [-0.25, -0.2) is 16.8 Å². The van der Waals surface area contributed by atoms with Gasteiger partial charge in [0.15, 0.2) is 0 Å². The number of nitrogens with zero attached hydrogens (tertiary/aromatic N) is 4. The molecule has 0 unspecified atom stereocenters. The lowest BCUT2D eigenvalue weighted by molar-refractivity contribution is 0.461. The van der Waals surface area contributed by atoms with Crippen molar-refractivity contribution < 1.29 is 25.9 Å². The minimum atomic E-state index is -4.57. The highest BCUT2D eigenvalue weighted by atomic mass is 32.2. The van der Waals surface area contributed by atoms with Crippen LogP contribution < -0.4 is 9.60 Å². The second kappa shape index (κ2) is 8.20. The van der Waals surface area contributed by atoms with Gasteiger partial charge in [-0.3, -0.25) is 0 Å². The van der Waals surface area contributed by atoms with E-state index in [1.165, 1.54) is 46.9 Å². The zero-order valence-corrected chi connectivity index (χ0v) is 20.0. The number of benzene rings is 2. The van der Waals surface area contributed by atoms with Crippen molar-refractivity contribution in [3.8, 4) is 0 Å². The molecule has 0 saturated carbocycles. The number of thiazole rings is 2. The van der Waals surface area contributed by atoms with Gasteiger partial charge in [0.05, 0.1) is 30.2 Å². The zero-order chi connectivity index (χ0) is 23.3. The Kier molecular flexibility index (Phi) is 5.85. The molecule has 0 fully saturated rings. The number of hydrogen-bond donors (Lipinski definition) is 0. The number of fused-ring (bicyclic) bond motifs is 2. The average Bonchev–Trinajstić information content (AvgIpc) is 3.26. The lowest BCUT2D eigenvalue weighted by Crippen LogP contribution is -2.16. The van der Waals surface area contributed by atoms with E-state index in [4.69, 9.17) is 0 Å². The van der Waals surface area contributed by atoms with Gasteiger partial charge >= 0.3 is 0 Å². The second-order valence-electron chi connectivity index (χ2n) is 6.63. The van der Waals surface area contributed by atoms with Crippen LogP contribution in [0.15, 0.2) is 56.4 Å². The fourth-order valence-electron chi connectivity index (χ4n) is 3.27. The molecule has 2 aromatic carbocycles. The first-order valence-corrected chi connectivity index (χ1v) is 13.7. The molecule has 0 aliphatic rings. The Bertz CT molecular complexity index is 1580. The topological polar surface area (TPSA) is 149 Å². The van der Waals surface area contributed by atoms with Gasteiger partial charge in [0.2, 0.25) is 9.60 Å². The largest absolute Gasteiger partial charge is 0.744 e. The van der Waals surface area contributed by atoms with Crippen molar-refractivity contribution >= 4 is 63.3 Å². The number of rotatable bonds is 5. The molecular weight excluding hydrogens is 496 g/mol. The maximum atomic E-state index is 11.3. The maximum Gasteiger partial charge on any atom is 0.211 e. The van der Waals surface area contributed by atoms with Crippen molar-refractivity contribution in [3.05, 3.63) is 46.0 Å². The van der Waals surface area contributed by atoms with Crippen molar-refractivity contribution in [2.75, 3.05) is 0 Å². The van der Waals surface area contributed by atoms with E-state index in [0.717, 1.165) is 11.0 Å². The van der Waals surface area contributed by atoms with Crippen LogP contribution in [0, 0.1) is 0 Å². The van der Waals surface area contributed by atoms with Crippen molar-refractivity contribution in [3.63, 3.8) is 0 Å². The van der Waals surface area contributed by atoms with Crippen LogP contribution in [0.25, 0.3) is 20.4 Å². The van der Waals surface area contributed by atoms with E-state index in [-0.39, 0.29) is 9.79 Å². The minimum Gasteiger partial charge on any atom is -0.744 e. The van der Waals surface area contributed by atoms with Gasteiger partial charge < -0.3 is 18.2 Å². The molecule has 2 aromatic heterocycles. The summed E-state index contributed by atoms with van der Waals surface area (Å²) in [6.07, 6.45) is 0. The standard InChI is InChI=1S/C18H18N4O6S4/c1-3-21-13-7-5-11(31(23,24)25)9-15(13)29-17(21)19-20-18-22(4-2)14-8-6-12(32(26,27)28)10-16(14)30-18/h5-10H,3-4H2,1-2H3,(H,23,24,25)(H,26,27,28)/p-2/b19-17-,20-18-. The Morgan fingerprint density at radius 2 is 1.12 bits per heavy atom. The van der Waals surface area contributed by atoms with Gasteiger partial charge in [0, 0.05) is 13.1 Å². The fourth-order valence-corrected chi connectivity index (χ4v) is 6.58. The van der Waals surface area contributed by atoms with Crippen molar-refractivity contribution in [1.29, 1.82) is 0 Å². The molecule has 0 radical (unpaired) electrons. The molecule has 10 nitrogen and oxygen atoms in total. The number of aryl methyl sites for hydroxylation is 2. The van der Waals surface area contributed by atoms with Crippen LogP contribution in [-0.4, -0.2) is 35.1 Å². The zero-order valence-electron chi connectivity index (χ0n) is 16.7. The SMILES string of the molecule is CCn1/c(=N/N=c2\sc3cc(S(=O)(=O)[O-])ccc3n2CC)sc2cc(S(=O)(=O)[O-])ccc21. The second-order valence-corrected chi connectivity index (χ2v) is 11.4. The molecule has 0 atom stereocenters. The highest BCUT2D eigenvalue weighted by Crippen LogP contribution is 2.23. The number of hydrogen-bond acceptors (Lipinski definition) is 10. The summed E-state index contributed by atoms with van der Waals surface area (Å²) < 4.78 is 72.9. The van der Waals surface area contributed by atoms with Crippen LogP contribution >= 0.6 is 22.7 Å². The third kappa shape index (κ3) is 4.16. The first kappa shape index (κ1) is 22.8. The Morgan fingerprint density at radius 1 is 0.750 bits per heavy atom. The summed E-state index contributed by atoms with van der Waals surface area (Å²) in [6.45, 7) is 4.89. The Morgan fingerprint density at radius 3 is 1.44 bits per heavy atom. The summed E-state index contributed by atoms with van der Waals surface area (Å²) in [4.78, 5) is 0.391. The summed E-state index contributed by atoms with van der Waals surface area (Å²) in [5, 5.41) is 8.68. The summed E-state index contributed by atoms with van der Waals surface area (Å²) in [5.74, 6) is 0. The van der Waals surface area contributed by atoms with E-state index < -0.39 is 20.2 Å². The average molecular weight is 513 g/mol. The van der Waals surface area contributed by atoms with Crippen LogP contribution in [0.5, 0.6) is 0 Å². The molecule has 4 rings (SSSR count). The van der Waals surface area contributed by atoms with E-state index in [2.05, 4.69) is 10.2 Å². The summed E-state index contributed by atoms with van der Waals surface area (Å²) >= 11 is 2.40. The van der Waals surface area contributed by atoms with E-state index in [9.17, 15) is 25.9 Å². The molecule has 2 heterocycles. The summed E-state index contributed by atoms with van der Waals surface area (Å²) in [7, 11) is -9.14. The monoisotopic (exact) mass is 512 g/mol. The molecule has 14 heteroatoms. The predicted octanol–water partition coefficient (Wildman–Crippen LogP) is 1.98. The van der Waals surface area contributed by atoms with Crippen molar-refractivity contribution in [2.24, 2.45) is 10.2 Å². The lowest BCUT2D eigenvalue weighted by atomic mass is 10.3. The maximum absolute atomic E-state index is 11.3. The highest BCUT2D eigenvalue weighted by Gasteiger charge is 2.10. The third-order valence-electron chi connectivity index (χ3n) is 4.74. The molecule has 0 aliphatic carbocycles. The molecule has 0 bridgehead atoms. The van der Waals surface area contributed by atoms with Gasteiger partial charge in [-0.15, -0.1) is 10.2 Å². The Labute approximate surface area is 190 Å². The van der Waals surface area contributed by atoms with Gasteiger partial charge in [0.1, 0.15) is 20.2 Å². The Hall–Kier alpha value is -2.36. The smallest absolute Gasteiger partial charge is 0.211 e. The summed E-state index contributed by atoms with van der Waals surface area (Å²) in [5.41, 5.74) is 1.45. The van der Waals surface area contributed by atoms with Gasteiger partial charge in [-0.1, -0.05) is 22.7 Å². The van der Waals surface area contributed by atoms with Gasteiger partial charge in [0.25, 0.3) is 0 Å². The van der Waals surface area contributed by atoms with E-state index in [0.29, 0.717) is 32.1 Å². The highest BCUT2D eigenvalue weighted by molar-refractivity contribution is 7.86. The lowest BCUT2D eigenvalue weighted by Gasteiger charge is -2.06. The normalized spacial score (nSPS) is 14.1. The van der Waals surface area contributed by atoms with Crippen LogP contribution in [0.2, 0.25) is 0 Å². The molecule has 0 amide bonds. The van der Waals surface area contributed by atoms with E-state index in [1.54, 1.807) is 12.1 Å². The number of aromatic nitrogens is 2. The molecule has 4 aromatic rings. The van der Waals surface area contributed by atoms with Crippen LogP contribution in [0.4, 0.5) is 0 Å². The summed E-state index contributed by atoms with van der Waals surface area (Å²) in [6, 6.07) is 8.31. The quantitative estimate of drug-likeness (QED) is 0.295. The molecule has 0 saturated heterocycles. The van der Waals surface area contributed by atoms with Crippen LogP contribution in [-0.2, 0) is 33.3 Å². The van der Waals surface area contributed by atoms with Gasteiger partial charge in [-0.2, -0.15) is 0 Å². The molecule has 32 heavy (non-hydrogen) atoms. The molecule has 0 N–H and O–H groups in total. The van der Waals surface area contributed by atoms with E-state index >= 15 is 0 Å². The molecule has 0 spiro atoms. The van der Waals surface area contributed by atoms with Crippen LogP contribution in [0.1, 0.15) is 13.8 Å². The van der Waals surface area contributed by atoms with Crippen molar-refractivity contribution in [2.45, 2.75) is 36.7 Å².